The molecule has 2 aromatic rings. The Kier molecular flexibility index (Phi) is 3.74. The highest BCUT2D eigenvalue weighted by Crippen LogP contribution is 2.35. The highest BCUT2D eigenvalue weighted by atomic mass is 16.6. The van der Waals surface area contributed by atoms with Gasteiger partial charge < -0.3 is 14.6 Å². The topological polar surface area (TPSA) is 117 Å². The molecule has 1 heterocycles. The second-order valence-corrected chi connectivity index (χ2v) is 4.02. The largest absolute Gasteiger partial charge is 0.493 e. The summed E-state index contributed by atoms with van der Waals surface area (Å²) in [5.41, 5.74) is -0.295. The Morgan fingerprint density at radius 2 is 2.14 bits per heavy atom. The Hall–Kier alpha value is -3.10. The first-order chi connectivity index (χ1) is 9.92. The highest BCUT2D eigenvalue weighted by Gasteiger charge is 2.22. The summed E-state index contributed by atoms with van der Waals surface area (Å²) in [5, 5.41) is 23.6. The van der Waals surface area contributed by atoms with E-state index >= 15 is 0 Å². The van der Waals surface area contributed by atoms with Crippen LogP contribution < -0.4 is 9.47 Å². The van der Waals surface area contributed by atoms with Crippen LogP contribution in [0.25, 0.3) is 0 Å². The molecule has 0 unspecified atom stereocenters. The van der Waals surface area contributed by atoms with Crippen LogP contribution in [0.3, 0.4) is 0 Å². The zero-order valence-electron chi connectivity index (χ0n) is 11.1. The average molecular weight is 293 g/mol. The number of aryl methyl sites for hydroxylation is 1. The van der Waals surface area contributed by atoms with Crippen molar-refractivity contribution in [3.05, 3.63) is 40.1 Å². The third kappa shape index (κ3) is 2.91. The number of aromatic nitrogens is 2. The fraction of sp³-hybridized carbons (Fsp3) is 0.167. The number of ether oxygens (including phenoxy) is 2. The lowest BCUT2D eigenvalue weighted by atomic mass is 10.2. The van der Waals surface area contributed by atoms with Gasteiger partial charge in [0.15, 0.2) is 11.5 Å². The molecule has 0 spiro atoms. The van der Waals surface area contributed by atoms with Crippen LogP contribution in [0.15, 0.2) is 24.4 Å². The molecule has 0 saturated carbocycles. The fourth-order valence-corrected chi connectivity index (χ4v) is 1.64. The standard InChI is InChI=1S/C12H11N3O6/c1-14-6-8(15(18)19)11(13-14)21-9-4-3-7(12(16)17)5-10(9)20-2/h3-6H,1-2H3,(H,16,17). The summed E-state index contributed by atoms with van der Waals surface area (Å²) in [7, 11) is 2.85. The van der Waals surface area contributed by atoms with E-state index in [1.807, 2.05) is 0 Å². The van der Waals surface area contributed by atoms with E-state index in [0.29, 0.717) is 0 Å². The van der Waals surface area contributed by atoms with Crippen LogP contribution in [0.1, 0.15) is 10.4 Å². The quantitative estimate of drug-likeness (QED) is 0.660. The molecular weight excluding hydrogens is 282 g/mol. The van der Waals surface area contributed by atoms with Crippen molar-refractivity contribution in [2.45, 2.75) is 0 Å². The predicted octanol–water partition coefficient (Wildman–Crippen LogP) is 1.83. The molecular formula is C12H11N3O6. The summed E-state index contributed by atoms with van der Waals surface area (Å²) < 4.78 is 11.6. The van der Waals surface area contributed by atoms with Gasteiger partial charge in [0.2, 0.25) is 0 Å². The third-order valence-corrected chi connectivity index (χ3v) is 2.59. The molecule has 1 aromatic heterocycles. The van der Waals surface area contributed by atoms with Gasteiger partial charge in [-0.25, -0.2) is 4.79 Å². The van der Waals surface area contributed by atoms with Crippen molar-refractivity contribution >= 4 is 11.7 Å². The minimum atomic E-state index is -1.12. The van der Waals surface area contributed by atoms with Crippen LogP contribution in [0.4, 0.5) is 5.69 Å². The first-order valence-electron chi connectivity index (χ1n) is 5.69. The Labute approximate surface area is 118 Å². The Bertz CT molecular complexity index is 709. The molecule has 9 nitrogen and oxygen atoms in total. The van der Waals surface area contributed by atoms with Gasteiger partial charge in [0, 0.05) is 7.05 Å². The molecule has 2 rings (SSSR count). The monoisotopic (exact) mass is 293 g/mol. The van der Waals surface area contributed by atoms with E-state index in [4.69, 9.17) is 14.6 Å². The average Bonchev–Trinajstić information content (AvgIpc) is 2.80. The van der Waals surface area contributed by atoms with Crippen LogP contribution in [0.2, 0.25) is 0 Å². The van der Waals surface area contributed by atoms with E-state index in [9.17, 15) is 14.9 Å². The lowest BCUT2D eigenvalue weighted by molar-refractivity contribution is -0.385. The second-order valence-electron chi connectivity index (χ2n) is 4.02. The summed E-state index contributed by atoms with van der Waals surface area (Å²) in [6.45, 7) is 0. The Balaban J connectivity index is 2.40. The van der Waals surface area contributed by atoms with Crippen LogP contribution in [-0.2, 0) is 7.05 Å². The van der Waals surface area contributed by atoms with E-state index in [1.54, 1.807) is 0 Å². The van der Waals surface area contributed by atoms with Gasteiger partial charge in [0.05, 0.1) is 17.6 Å². The molecule has 0 fully saturated rings. The summed E-state index contributed by atoms with van der Waals surface area (Å²) in [5.74, 6) is -1.06. The molecule has 0 aliphatic carbocycles. The van der Waals surface area contributed by atoms with Gasteiger partial charge in [-0.1, -0.05) is 0 Å². The lowest BCUT2D eigenvalue weighted by Gasteiger charge is -2.08. The van der Waals surface area contributed by atoms with Crippen molar-refractivity contribution in [1.82, 2.24) is 9.78 Å². The Morgan fingerprint density at radius 1 is 1.43 bits per heavy atom. The molecule has 21 heavy (non-hydrogen) atoms. The zero-order valence-corrected chi connectivity index (χ0v) is 11.1. The smallest absolute Gasteiger partial charge is 0.350 e. The molecule has 0 aliphatic heterocycles. The number of aromatic carboxylic acids is 1. The molecule has 110 valence electrons. The number of benzene rings is 1. The van der Waals surface area contributed by atoms with E-state index in [-0.39, 0.29) is 28.6 Å². The summed E-state index contributed by atoms with van der Waals surface area (Å²) in [6, 6.07) is 3.90. The van der Waals surface area contributed by atoms with Crippen molar-refractivity contribution in [3.8, 4) is 17.4 Å². The minimum Gasteiger partial charge on any atom is -0.493 e. The van der Waals surface area contributed by atoms with Crippen LogP contribution in [0.5, 0.6) is 17.4 Å². The molecule has 0 saturated heterocycles. The third-order valence-electron chi connectivity index (χ3n) is 2.59. The number of hydrogen-bond donors (Lipinski definition) is 1. The van der Waals surface area contributed by atoms with Crippen molar-refractivity contribution in [2.24, 2.45) is 7.05 Å². The molecule has 0 amide bonds. The first-order valence-corrected chi connectivity index (χ1v) is 5.69. The van der Waals surface area contributed by atoms with Gasteiger partial charge in [-0.3, -0.25) is 14.8 Å². The Morgan fingerprint density at radius 3 is 2.71 bits per heavy atom. The van der Waals surface area contributed by atoms with E-state index in [2.05, 4.69) is 5.10 Å². The lowest BCUT2D eigenvalue weighted by Crippen LogP contribution is -1.99. The SMILES string of the molecule is COc1cc(C(=O)O)ccc1Oc1nn(C)cc1[N+](=O)[O-]. The maximum atomic E-state index is 10.9. The van der Waals surface area contributed by atoms with Crippen LogP contribution >= 0.6 is 0 Å². The van der Waals surface area contributed by atoms with Crippen LogP contribution in [0, 0.1) is 10.1 Å². The molecule has 0 atom stereocenters. The number of carboxylic acid groups (broad SMARTS) is 1. The van der Waals surface area contributed by atoms with Gasteiger partial charge in [-0.05, 0) is 18.2 Å². The number of rotatable bonds is 5. The molecule has 0 radical (unpaired) electrons. The van der Waals surface area contributed by atoms with Gasteiger partial charge in [0.1, 0.15) is 6.20 Å². The van der Waals surface area contributed by atoms with Crippen molar-refractivity contribution < 1.29 is 24.3 Å². The number of nitrogens with zero attached hydrogens (tertiary/aromatic N) is 3. The van der Waals surface area contributed by atoms with Gasteiger partial charge in [0.25, 0.3) is 0 Å². The maximum Gasteiger partial charge on any atom is 0.350 e. The number of nitro groups is 1. The van der Waals surface area contributed by atoms with Gasteiger partial charge in [-0.2, -0.15) is 0 Å². The molecule has 1 N–H and O–H groups in total. The van der Waals surface area contributed by atoms with Crippen molar-refractivity contribution in [1.29, 1.82) is 0 Å². The van der Waals surface area contributed by atoms with E-state index in [1.165, 1.54) is 43.2 Å². The van der Waals surface area contributed by atoms with E-state index < -0.39 is 10.9 Å². The maximum absolute atomic E-state index is 10.9. The normalized spacial score (nSPS) is 10.2. The van der Waals surface area contributed by atoms with Gasteiger partial charge in [-0.15, -0.1) is 5.10 Å². The predicted molar refractivity (Wildman–Crippen MR) is 69.9 cm³/mol. The van der Waals surface area contributed by atoms with Crippen LogP contribution in [-0.4, -0.2) is 32.9 Å². The summed E-state index contributed by atoms with van der Waals surface area (Å²) in [6.07, 6.45) is 1.20. The molecule has 9 heteroatoms. The number of carbonyl (C=O) groups is 1. The van der Waals surface area contributed by atoms with Crippen molar-refractivity contribution in [2.75, 3.05) is 7.11 Å². The number of carboxylic acids is 1. The van der Waals surface area contributed by atoms with Crippen molar-refractivity contribution in [3.63, 3.8) is 0 Å². The molecule has 1 aromatic carbocycles. The minimum absolute atomic E-state index is 0.00900. The van der Waals surface area contributed by atoms with E-state index in [0.717, 1.165) is 0 Å². The second kappa shape index (κ2) is 5.49. The van der Waals surface area contributed by atoms with Gasteiger partial charge >= 0.3 is 17.5 Å². The molecule has 0 bridgehead atoms. The highest BCUT2D eigenvalue weighted by molar-refractivity contribution is 5.88. The number of hydrogen-bond acceptors (Lipinski definition) is 6. The number of methoxy groups -OCH3 is 1. The zero-order chi connectivity index (χ0) is 15.6. The first kappa shape index (κ1) is 14.3. The summed E-state index contributed by atoms with van der Waals surface area (Å²) in [4.78, 5) is 21.1. The molecule has 0 aliphatic rings. The fourth-order valence-electron chi connectivity index (χ4n) is 1.64. The summed E-state index contributed by atoms with van der Waals surface area (Å²) >= 11 is 0.